The quantitative estimate of drug-likeness (QED) is 0.646. The molecule has 2 N–H and O–H groups in total. The lowest BCUT2D eigenvalue weighted by Crippen LogP contribution is -2.02. The molecule has 0 aromatic heterocycles. The Morgan fingerprint density at radius 3 is 1.79 bits per heavy atom. The number of hydrogen-bond acceptors (Lipinski definition) is 2. The summed E-state index contributed by atoms with van der Waals surface area (Å²) in [5.41, 5.74) is 0.367. The van der Waals surface area contributed by atoms with Crippen molar-refractivity contribution in [2.24, 2.45) is 0 Å². The van der Waals surface area contributed by atoms with Crippen LogP contribution in [0.15, 0.2) is 53.0 Å². The third-order valence-corrected chi connectivity index (χ3v) is 4.14. The first-order chi connectivity index (χ1) is 11.4. The van der Waals surface area contributed by atoms with Gasteiger partial charge in [0.2, 0.25) is 0 Å². The third-order valence-electron chi connectivity index (χ3n) is 3.64. The van der Waals surface area contributed by atoms with Gasteiger partial charge in [0.05, 0.1) is 0 Å². The van der Waals surface area contributed by atoms with Gasteiger partial charge in [0.1, 0.15) is 19.3 Å². The summed E-state index contributed by atoms with van der Waals surface area (Å²) in [5, 5.41) is 19.8. The van der Waals surface area contributed by atoms with E-state index in [1.165, 1.54) is 42.5 Å². The zero-order valence-corrected chi connectivity index (χ0v) is 13.8. The van der Waals surface area contributed by atoms with Crippen molar-refractivity contribution in [2.75, 3.05) is 0 Å². The molecule has 0 amide bonds. The molecule has 2 radical (unpaired) electrons. The Hall–Kier alpha value is -2.34. The van der Waals surface area contributed by atoms with Crippen molar-refractivity contribution in [1.82, 2.24) is 0 Å². The van der Waals surface area contributed by atoms with E-state index in [0.29, 0.717) is 9.94 Å². The second-order valence-electron chi connectivity index (χ2n) is 5.23. The zero-order valence-electron chi connectivity index (χ0n) is 12.2. The van der Waals surface area contributed by atoms with E-state index in [0.717, 1.165) is 0 Å². The molecule has 0 spiro atoms. The summed E-state index contributed by atoms with van der Waals surface area (Å²) >= 11 is 3.23. The van der Waals surface area contributed by atoms with Crippen LogP contribution in [-0.4, -0.2) is 18.1 Å². The summed E-state index contributed by atoms with van der Waals surface area (Å²) in [6.45, 7) is 0. The van der Waals surface area contributed by atoms with Crippen molar-refractivity contribution in [1.29, 1.82) is 0 Å². The minimum atomic E-state index is -1.13. The molecule has 0 fully saturated rings. The summed E-state index contributed by atoms with van der Waals surface area (Å²) in [6.07, 6.45) is 0. The maximum atomic E-state index is 14.6. The van der Waals surface area contributed by atoms with E-state index in [9.17, 15) is 19.0 Å². The highest BCUT2D eigenvalue weighted by Gasteiger charge is 2.19. The molecule has 0 atom stereocenters. The van der Waals surface area contributed by atoms with Gasteiger partial charge in [-0.2, -0.15) is 0 Å². The molecule has 2 nitrogen and oxygen atoms in total. The standard InChI is InChI=1S/C18H10BBrF2O2/c19-9-1-5-15(23)13(7-9)11-3-4-12(18(22)17(11)21)14-8-10(20)2-6-16(14)24/h1-8,23-24H. The van der Waals surface area contributed by atoms with Crippen molar-refractivity contribution in [3.8, 4) is 33.8 Å². The lowest BCUT2D eigenvalue weighted by Gasteiger charge is -2.12. The summed E-state index contributed by atoms with van der Waals surface area (Å²) in [7, 11) is 5.64. The van der Waals surface area contributed by atoms with E-state index in [-0.39, 0.29) is 33.8 Å². The van der Waals surface area contributed by atoms with Gasteiger partial charge in [-0.3, -0.25) is 0 Å². The van der Waals surface area contributed by atoms with Crippen LogP contribution in [0.25, 0.3) is 22.3 Å². The number of phenolic OH excluding ortho intramolecular Hbond substituents is 2. The Bertz CT molecular complexity index is 868. The molecule has 0 bridgehead atoms. The van der Waals surface area contributed by atoms with Gasteiger partial charge in [-0.05, 0) is 24.3 Å². The second kappa shape index (κ2) is 6.28. The van der Waals surface area contributed by atoms with Crippen LogP contribution in [0.2, 0.25) is 0 Å². The fourth-order valence-corrected chi connectivity index (χ4v) is 2.82. The first kappa shape index (κ1) is 16.5. The molecular formula is C18H10BBrF2O2. The van der Waals surface area contributed by atoms with Gasteiger partial charge in [0.15, 0.2) is 11.6 Å². The second-order valence-corrected chi connectivity index (χ2v) is 6.14. The molecule has 0 unspecified atom stereocenters. The minimum absolute atomic E-state index is 0.0848. The van der Waals surface area contributed by atoms with Crippen molar-refractivity contribution in [3.63, 3.8) is 0 Å². The Labute approximate surface area is 146 Å². The van der Waals surface area contributed by atoms with E-state index in [2.05, 4.69) is 15.9 Å². The molecule has 0 aliphatic carbocycles. The SMILES string of the molecule is [B]c1ccc(O)c(-c2ccc(-c3cc(Br)ccc3O)c(F)c2F)c1. The molecule has 0 aliphatic heterocycles. The highest BCUT2D eigenvalue weighted by Crippen LogP contribution is 2.38. The minimum Gasteiger partial charge on any atom is -0.507 e. The molecule has 3 rings (SSSR count). The summed E-state index contributed by atoms with van der Waals surface area (Å²) in [6, 6.07) is 11.3. The molecule has 0 saturated carbocycles. The molecular weight excluding hydrogens is 377 g/mol. The monoisotopic (exact) mass is 386 g/mol. The Kier molecular flexibility index (Phi) is 4.32. The van der Waals surface area contributed by atoms with E-state index < -0.39 is 11.6 Å². The smallest absolute Gasteiger partial charge is 0.167 e. The van der Waals surface area contributed by atoms with Crippen LogP contribution in [0.4, 0.5) is 8.78 Å². The number of benzene rings is 3. The summed E-state index contributed by atoms with van der Waals surface area (Å²) in [5.74, 6) is -2.63. The van der Waals surface area contributed by atoms with E-state index in [1.54, 1.807) is 6.07 Å². The normalized spacial score (nSPS) is 10.8. The predicted molar refractivity (Wildman–Crippen MR) is 93.6 cm³/mol. The average Bonchev–Trinajstić information content (AvgIpc) is 2.55. The van der Waals surface area contributed by atoms with Gasteiger partial charge >= 0.3 is 0 Å². The molecule has 3 aromatic rings. The van der Waals surface area contributed by atoms with Gasteiger partial charge in [-0.1, -0.05) is 45.7 Å². The van der Waals surface area contributed by atoms with Gasteiger partial charge < -0.3 is 10.2 Å². The van der Waals surface area contributed by atoms with Crippen molar-refractivity contribution in [3.05, 3.63) is 64.6 Å². The van der Waals surface area contributed by atoms with Crippen LogP contribution in [0, 0.1) is 11.6 Å². The van der Waals surface area contributed by atoms with Gasteiger partial charge in [-0.25, -0.2) is 8.78 Å². The van der Waals surface area contributed by atoms with Crippen molar-refractivity contribution >= 4 is 29.2 Å². The Balaban J connectivity index is 2.20. The van der Waals surface area contributed by atoms with E-state index in [4.69, 9.17) is 7.85 Å². The van der Waals surface area contributed by atoms with Crippen LogP contribution in [0.5, 0.6) is 11.5 Å². The van der Waals surface area contributed by atoms with Gasteiger partial charge in [-0.15, -0.1) is 0 Å². The lowest BCUT2D eigenvalue weighted by atomic mass is 9.90. The fraction of sp³-hybridized carbons (Fsp3) is 0. The molecule has 0 heterocycles. The van der Waals surface area contributed by atoms with Crippen LogP contribution in [0.1, 0.15) is 0 Å². The highest BCUT2D eigenvalue weighted by atomic mass is 79.9. The number of aromatic hydroxyl groups is 2. The summed E-state index contributed by atoms with van der Waals surface area (Å²) < 4.78 is 29.7. The molecule has 24 heavy (non-hydrogen) atoms. The number of rotatable bonds is 2. The largest absolute Gasteiger partial charge is 0.507 e. The van der Waals surface area contributed by atoms with Gasteiger partial charge in [0.25, 0.3) is 0 Å². The van der Waals surface area contributed by atoms with Crippen molar-refractivity contribution < 1.29 is 19.0 Å². The molecule has 3 aromatic carbocycles. The lowest BCUT2D eigenvalue weighted by molar-refractivity contribution is 0.473. The molecule has 0 aliphatic rings. The average molecular weight is 387 g/mol. The van der Waals surface area contributed by atoms with Crippen LogP contribution in [-0.2, 0) is 0 Å². The van der Waals surface area contributed by atoms with Crippen molar-refractivity contribution in [2.45, 2.75) is 0 Å². The maximum Gasteiger partial charge on any atom is 0.167 e. The van der Waals surface area contributed by atoms with Crippen LogP contribution < -0.4 is 5.46 Å². The molecule has 0 saturated heterocycles. The van der Waals surface area contributed by atoms with E-state index in [1.807, 2.05) is 0 Å². The first-order valence-electron chi connectivity index (χ1n) is 6.94. The van der Waals surface area contributed by atoms with Crippen LogP contribution >= 0.6 is 15.9 Å². The Morgan fingerprint density at radius 2 is 1.21 bits per heavy atom. The van der Waals surface area contributed by atoms with E-state index >= 15 is 0 Å². The number of halogens is 3. The Morgan fingerprint density at radius 1 is 0.708 bits per heavy atom. The zero-order chi connectivity index (χ0) is 17.4. The highest BCUT2D eigenvalue weighted by molar-refractivity contribution is 9.10. The maximum absolute atomic E-state index is 14.6. The molecule has 118 valence electrons. The van der Waals surface area contributed by atoms with Crippen LogP contribution in [0.3, 0.4) is 0 Å². The first-order valence-corrected chi connectivity index (χ1v) is 7.73. The summed E-state index contributed by atoms with van der Waals surface area (Å²) in [4.78, 5) is 0. The number of hydrogen-bond donors (Lipinski definition) is 2. The van der Waals surface area contributed by atoms with Gasteiger partial charge in [0, 0.05) is 26.7 Å². The fourth-order valence-electron chi connectivity index (χ4n) is 2.46. The predicted octanol–water partition coefficient (Wildman–Crippen LogP) is 4.27. The topological polar surface area (TPSA) is 40.5 Å². The third kappa shape index (κ3) is 2.89. The number of phenols is 2. The molecule has 6 heteroatoms.